The van der Waals surface area contributed by atoms with Gasteiger partial charge in [-0.25, -0.2) is 14.3 Å². The fourth-order valence-electron chi connectivity index (χ4n) is 2.05. The van der Waals surface area contributed by atoms with Gasteiger partial charge < -0.3 is 10.4 Å². The van der Waals surface area contributed by atoms with Crippen molar-refractivity contribution < 1.29 is 9.90 Å². The third-order valence-corrected chi connectivity index (χ3v) is 3.19. The molecule has 2 heterocycles. The summed E-state index contributed by atoms with van der Waals surface area (Å²) in [5, 5.41) is 16.7. The fourth-order valence-corrected chi connectivity index (χ4v) is 2.05. The number of anilines is 1. The molecule has 0 fully saturated rings. The number of fused-ring (bicyclic) bond motifs is 1. The van der Waals surface area contributed by atoms with E-state index < -0.39 is 12.0 Å². The van der Waals surface area contributed by atoms with Crippen LogP contribution in [0.4, 0.5) is 5.82 Å². The number of carbonyl (C=O) groups is 1. The van der Waals surface area contributed by atoms with E-state index in [-0.39, 0.29) is 0 Å². The minimum Gasteiger partial charge on any atom is -0.480 e. The summed E-state index contributed by atoms with van der Waals surface area (Å²) in [5.41, 5.74) is 1.77. The topological polar surface area (TPSA) is 79.5 Å². The first kappa shape index (κ1) is 14.3. The number of aliphatic carboxylic acids is 1. The van der Waals surface area contributed by atoms with E-state index in [1.807, 2.05) is 13.0 Å². The minimum atomic E-state index is -0.862. The smallest absolute Gasteiger partial charge is 0.326 e. The van der Waals surface area contributed by atoms with Crippen LogP contribution in [-0.2, 0) is 4.79 Å². The summed E-state index contributed by atoms with van der Waals surface area (Å²) in [6.45, 7) is 6.10. The fraction of sp³-hybridized carbons (Fsp3) is 0.500. The summed E-state index contributed by atoms with van der Waals surface area (Å²) in [5.74, 6) is 0.0145. The standard InChI is InChI=1S/C14H20N4O2/c1-4-5-10(14(19)20)16-13-12-8-11(9(2)3)17-18(12)7-6-15-13/h6-10H,4-5H2,1-3H3,(H,15,16)(H,19,20). The Hall–Kier alpha value is -2.11. The molecular formula is C14H20N4O2. The molecule has 0 spiro atoms. The highest BCUT2D eigenvalue weighted by Gasteiger charge is 2.18. The van der Waals surface area contributed by atoms with Gasteiger partial charge in [-0.1, -0.05) is 27.2 Å². The molecule has 0 aliphatic heterocycles. The van der Waals surface area contributed by atoms with Crippen LogP contribution >= 0.6 is 0 Å². The number of nitrogens with one attached hydrogen (secondary N) is 1. The largest absolute Gasteiger partial charge is 0.480 e. The second kappa shape index (κ2) is 5.90. The number of rotatable bonds is 6. The Labute approximate surface area is 117 Å². The third kappa shape index (κ3) is 2.89. The third-order valence-electron chi connectivity index (χ3n) is 3.19. The summed E-state index contributed by atoms with van der Waals surface area (Å²) in [7, 11) is 0. The first-order valence-corrected chi connectivity index (χ1v) is 6.86. The highest BCUT2D eigenvalue weighted by molar-refractivity contribution is 5.79. The molecule has 0 saturated carbocycles. The molecule has 2 rings (SSSR count). The second-order valence-electron chi connectivity index (χ2n) is 5.15. The summed E-state index contributed by atoms with van der Waals surface area (Å²) in [6.07, 6.45) is 4.74. The van der Waals surface area contributed by atoms with Crippen LogP contribution in [0.5, 0.6) is 0 Å². The Morgan fingerprint density at radius 2 is 2.25 bits per heavy atom. The predicted octanol–water partition coefficient (Wildman–Crippen LogP) is 2.52. The molecule has 20 heavy (non-hydrogen) atoms. The monoisotopic (exact) mass is 276 g/mol. The van der Waals surface area contributed by atoms with E-state index >= 15 is 0 Å². The van der Waals surface area contributed by atoms with E-state index in [2.05, 4.69) is 29.2 Å². The van der Waals surface area contributed by atoms with Crippen LogP contribution in [0.2, 0.25) is 0 Å². The summed E-state index contributed by atoms with van der Waals surface area (Å²) >= 11 is 0. The first-order chi connectivity index (χ1) is 9.52. The quantitative estimate of drug-likeness (QED) is 0.847. The van der Waals surface area contributed by atoms with E-state index in [0.717, 1.165) is 17.6 Å². The average Bonchev–Trinajstić information content (AvgIpc) is 2.83. The Morgan fingerprint density at radius 1 is 1.50 bits per heavy atom. The van der Waals surface area contributed by atoms with Crippen LogP contribution in [0.3, 0.4) is 0 Å². The van der Waals surface area contributed by atoms with E-state index in [1.165, 1.54) is 0 Å². The van der Waals surface area contributed by atoms with Crippen LogP contribution in [0, 0.1) is 0 Å². The molecule has 0 aliphatic rings. The first-order valence-electron chi connectivity index (χ1n) is 6.86. The van der Waals surface area contributed by atoms with Crippen molar-refractivity contribution in [3.05, 3.63) is 24.2 Å². The molecule has 0 radical (unpaired) electrons. The molecule has 1 atom stereocenters. The van der Waals surface area contributed by atoms with Gasteiger partial charge in [0.05, 0.1) is 5.69 Å². The lowest BCUT2D eigenvalue weighted by molar-refractivity contribution is -0.138. The zero-order chi connectivity index (χ0) is 14.7. The number of aromatic nitrogens is 3. The summed E-state index contributed by atoms with van der Waals surface area (Å²) in [6, 6.07) is 1.32. The molecule has 2 aromatic heterocycles. The van der Waals surface area contributed by atoms with Gasteiger partial charge in [0.25, 0.3) is 0 Å². The molecular weight excluding hydrogens is 256 g/mol. The number of hydrogen-bond donors (Lipinski definition) is 2. The van der Waals surface area contributed by atoms with Crippen LogP contribution in [0.25, 0.3) is 5.52 Å². The van der Waals surface area contributed by atoms with Gasteiger partial charge in [0.15, 0.2) is 5.82 Å². The van der Waals surface area contributed by atoms with Gasteiger partial charge >= 0.3 is 5.97 Å². The predicted molar refractivity (Wildman–Crippen MR) is 77.0 cm³/mol. The van der Waals surface area contributed by atoms with Crippen molar-refractivity contribution >= 4 is 17.3 Å². The van der Waals surface area contributed by atoms with Crippen LogP contribution in [0.1, 0.15) is 45.2 Å². The van der Waals surface area contributed by atoms with Gasteiger partial charge in [-0.3, -0.25) is 0 Å². The van der Waals surface area contributed by atoms with Crippen LogP contribution in [-0.4, -0.2) is 31.7 Å². The molecule has 0 bridgehead atoms. The van der Waals surface area contributed by atoms with Crippen LogP contribution < -0.4 is 5.32 Å². The summed E-state index contributed by atoms with van der Waals surface area (Å²) in [4.78, 5) is 15.5. The maximum atomic E-state index is 11.2. The average molecular weight is 276 g/mol. The van der Waals surface area contributed by atoms with E-state index in [9.17, 15) is 9.90 Å². The molecule has 2 N–H and O–H groups in total. The lowest BCUT2D eigenvalue weighted by Gasteiger charge is -2.14. The van der Waals surface area contributed by atoms with Gasteiger partial charge in [0.1, 0.15) is 11.6 Å². The van der Waals surface area contributed by atoms with Gasteiger partial charge in [-0.15, -0.1) is 0 Å². The molecule has 0 aliphatic carbocycles. The SMILES string of the molecule is CCCC(Nc1nccn2nc(C(C)C)cc12)C(=O)O. The molecule has 6 heteroatoms. The molecule has 6 nitrogen and oxygen atoms in total. The van der Waals surface area contributed by atoms with E-state index in [4.69, 9.17) is 0 Å². The molecule has 108 valence electrons. The molecule has 1 unspecified atom stereocenters. The Kier molecular flexibility index (Phi) is 4.22. The maximum Gasteiger partial charge on any atom is 0.326 e. The van der Waals surface area contributed by atoms with Crippen molar-refractivity contribution in [2.24, 2.45) is 0 Å². The highest BCUT2D eigenvalue weighted by atomic mass is 16.4. The zero-order valence-electron chi connectivity index (χ0n) is 12.0. The molecule has 0 amide bonds. The summed E-state index contributed by atoms with van der Waals surface area (Å²) < 4.78 is 1.73. The van der Waals surface area contributed by atoms with Gasteiger partial charge in [0, 0.05) is 12.4 Å². The molecule has 0 saturated heterocycles. The van der Waals surface area contributed by atoms with Crippen molar-refractivity contribution in [2.45, 2.75) is 45.6 Å². The second-order valence-corrected chi connectivity index (χ2v) is 5.15. The Morgan fingerprint density at radius 3 is 2.85 bits per heavy atom. The van der Waals surface area contributed by atoms with Crippen LogP contribution in [0.15, 0.2) is 18.5 Å². The Balaban J connectivity index is 2.36. The number of hydrogen-bond acceptors (Lipinski definition) is 4. The van der Waals surface area contributed by atoms with Crippen molar-refractivity contribution in [2.75, 3.05) is 5.32 Å². The lowest BCUT2D eigenvalue weighted by Crippen LogP contribution is -2.29. The number of carboxylic acids is 1. The zero-order valence-corrected chi connectivity index (χ0v) is 12.0. The van der Waals surface area contributed by atoms with Crippen molar-refractivity contribution in [1.82, 2.24) is 14.6 Å². The van der Waals surface area contributed by atoms with Crippen molar-refractivity contribution in [3.63, 3.8) is 0 Å². The van der Waals surface area contributed by atoms with E-state index in [0.29, 0.717) is 18.2 Å². The van der Waals surface area contributed by atoms with E-state index in [1.54, 1.807) is 16.9 Å². The highest BCUT2D eigenvalue weighted by Crippen LogP contribution is 2.21. The normalized spacial score (nSPS) is 12.8. The van der Waals surface area contributed by atoms with Crippen molar-refractivity contribution in [3.8, 4) is 0 Å². The minimum absolute atomic E-state index is 0.314. The number of carboxylic acid groups (broad SMARTS) is 1. The number of nitrogens with zero attached hydrogens (tertiary/aromatic N) is 3. The molecule has 0 aromatic carbocycles. The van der Waals surface area contributed by atoms with Crippen molar-refractivity contribution in [1.29, 1.82) is 0 Å². The Bertz CT molecular complexity index is 606. The molecule has 2 aromatic rings. The lowest BCUT2D eigenvalue weighted by atomic mass is 10.1. The van der Waals surface area contributed by atoms with Gasteiger partial charge in [-0.05, 0) is 18.4 Å². The maximum absolute atomic E-state index is 11.2. The van der Waals surface area contributed by atoms with Gasteiger partial charge in [-0.2, -0.15) is 5.10 Å². The van der Waals surface area contributed by atoms with Gasteiger partial charge in [0.2, 0.25) is 0 Å².